The van der Waals surface area contributed by atoms with Gasteiger partial charge in [-0.1, -0.05) is 13.3 Å². The molecule has 0 fully saturated rings. The van der Waals surface area contributed by atoms with Crippen molar-refractivity contribution in [2.24, 2.45) is 0 Å². The van der Waals surface area contributed by atoms with Crippen LogP contribution in [-0.2, 0) is 9.53 Å². The van der Waals surface area contributed by atoms with E-state index in [1.807, 2.05) is 6.92 Å². The fraction of sp³-hybridized carbons (Fsp3) is 0.500. The lowest BCUT2D eigenvalue weighted by atomic mass is 10.2. The Labute approximate surface area is 107 Å². The fourth-order valence-corrected chi connectivity index (χ4v) is 1.58. The van der Waals surface area contributed by atoms with Gasteiger partial charge in [-0.3, -0.25) is 0 Å². The van der Waals surface area contributed by atoms with E-state index in [2.05, 4.69) is 0 Å². The molecule has 1 aromatic carbocycles. The summed E-state index contributed by atoms with van der Waals surface area (Å²) in [5.74, 6) is -0.174. The summed E-state index contributed by atoms with van der Waals surface area (Å²) in [4.78, 5) is 11.7. The number of halogens is 1. The Morgan fingerprint density at radius 2 is 2.11 bits per heavy atom. The van der Waals surface area contributed by atoms with E-state index in [1.165, 1.54) is 12.1 Å². The first kappa shape index (κ1) is 14.5. The molecule has 1 aromatic rings. The van der Waals surface area contributed by atoms with E-state index in [1.54, 1.807) is 19.9 Å². The molecule has 0 aliphatic rings. The van der Waals surface area contributed by atoms with Crippen LogP contribution in [0.3, 0.4) is 0 Å². The molecule has 4 heteroatoms. The summed E-state index contributed by atoms with van der Waals surface area (Å²) in [5.41, 5.74) is 0.492. The van der Waals surface area contributed by atoms with Gasteiger partial charge in [0.25, 0.3) is 0 Å². The molecule has 0 N–H and O–H groups in total. The molecule has 0 amide bonds. The Morgan fingerprint density at radius 1 is 1.39 bits per heavy atom. The molecule has 18 heavy (non-hydrogen) atoms. The highest BCUT2D eigenvalue weighted by Gasteiger charge is 2.20. The van der Waals surface area contributed by atoms with Gasteiger partial charge in [0.15, 0.2) is 6.10 Å². The third-order valence-electron chi connectivity index (χ3n) is 2.51. The van der Waals surface area contributed by atoms with Crippen molar-refractivity contribution in [1.29, 1.82) is 0 Å². The van der Waals surface area contributed by atoms with E-state index in [-0.39, 0.29) is 11.8 Å². The monoisotopic (exact) mass is 254 g/mol. The van der Waals surface area contributed by atoms with Crippen LogP contribution in [0.15, 0.2) is 18.2 Å². The molecule has 1 unspecified atom stereocenters. The first-order valence-corrected chi connectivity index (χ1v) is 6.17. The highest BCUT2D eigenvalue weighted by Crippen LogP contribution is 2.19. The second kappa shape index (κ2) is 6.99. The van der Waals surface area contributed by atoms with Crippen molar-refractivity contribution in [3.63, 3.8) is 0 Å². The van der Waals surface area contributed by atoms with Crippen LogP contribution in [0.4, 0.5) is 4.39 Å². The van der Waals surface area contributed by atoms with Crippen molar-refractivity contribution in [3.05, 3.63) is 29.6 Å². The molecular weight excluding hydrogens is 235 g/mol. The van der Waals surface area contributed by atoms with E-state index in [0.717, 1.165) is 6.42 Å². The number of carbonyl (C=O) groups excluding carboxylic acids is 1. The summed E-state index contributed by atoms with van der Waals surface area (Å²) < 4.78 is 23.6. The number of ether oxygens (including phenoxy) is 2. The van der Waals surface area contributed by atoms with Crippen LogP contribution >= 0.6 is 0 Å². The molecule has 1 atom stereocenters. The van der Waals surface area contributed by atoms with Crippen molar-refractivity contribution in [2.75, 3.05) is 6.61 Å². The SMILES string of the molecule is CCCC(Oc1ccc(F)c(C)c1)C(=O)OCC. The topological polar surface area (TPSA) is 35.5 Å². The minimum atomic E-state index is -0.625. The number of aryl methyl sites for hydroxylation is 1. The van der Waals surface area contributed by atoms with E-state index in [0.29, 0.717) is 24.3 Å². The predicted octanol–water partition coefficient (Wildman–Crippen LogP) is 3.24. The molecule has 3 nitrogen and oxygen atoms in total. The molecule has 0 aliphatic carbocycles. The quantitative estimate of drug-likeness (QED) is 0.731. The first-order chi connectivity index (χ1) is 8.58. The molecular formula is C14H19FO3. The summed E-state index contributed by atoms with van der Waals surface area (Å²) in [6.07, 6.45) is 0.763. The predicted molar refractivity (Wildman–Crippen MR) is 67.1 cm³/mol. The summed E-state index contributed by atoms with van der Waals surface area (Å²) in [7, 11) is 0. The standard InChI is InChI=1S/C14H19FO3/c1-4-6-13(14(16)17-5-2)18-11-7-8-12(15)10(3)9-11/h7-9,13H,4-6H2,1-3H3. The van der Waals surface area contributed by atoms with Gasteiger partial charge in [0.05, 0.1) is 6.61 Å². The number of hydrogen-bond donors (Lipinski definition) is 0. The number of carbonyl (C=O) groups is 1. The van der Waals surface area contributed by atoms with Gasteiger partial charge in [0.1, 0.15) is 11.6 Å². The Kier molecular flexibility index (Phi) is 5.62. The van der Waals surface area contributed by atoms with Crippen LogP contribution in [0.1, 0.15) is 32.3 Å². The lowest BCUT2D eigenvalue weighted by Gasteiger charge is -2.17. The molecule has 0 saturated heterocycles. The molecule has 0 aliphatic heterocycles. The molecule has 0 heterocycles. The molecule has 0 aromatic heterocycles. The normalized spacial score (nSPS) is 12.0. The molecule has 0 bridgehead atoms. The zero-order chi connectivity index (χ0) is 13.5. The third-order valence-corrected chi connectivity index (χ3v) is 2.51. The fourth-order valence-electron chi connectivity index (χ4n) is 1.58. The summed E-state index contributed by atoms with van der Waals surface area (Å²) in [5, 5.41) is 0. The van der Waals surface area contributed by atoms with E-state index in [9.17, 15) is 9.18 Å². The van der Waals surface area contributed by atoms with Crippen LogP contribution < -0.4 is 4.74 Å². The zero-order valence-corrected chi connectivity index (χ0v) is 11.0. The maximum Gasteiger partial charge on any atom is 0.347 e. The Balaban J connectivity index is 2.76. The average Bonchev–Trinajstić information content (AvgIpc) is 2.33. The number of esters is 1. The van der Waals surface area contributed by atoms with Gasteiger partial charge < -0.3 is 9.47 Å². The van der Waals surface area contributed by atoms with Crippen LogP contribution in [0.2, 0.25) is 0 Å². The van der Waals surface area contributed by atoms with Gasteiger partial charge in [-0.25, -0.2) is 9.18 Å². The summed E-state index contributed by atoms with van der Waals surface area (Å²) in [6, 6.07) is 4.43. The maximum atomic E-state index is 13.1. The number of hydrogen-bond acceptors (Lipinski definition) is 3. The van der Waals surface area contributed by atoms with Gasteiger partial charge >= 0.3 is 5.97 Å². The highest BCUT2D eigenvalue weighted by atomic mass is 19.1. The molecule has 1 rings (SSSR count). The Morgan fingerprint density at radius 3 is 2.67 bits per heavy atom. The van der Waals surface area contributed by atoms with Crippen LogP contribution in [0.5, 0.6) is 5.75 Å². The lowest BCUT2D eigenvalue weighted by molar-refractivity contribution is -0.151. The minimum Gasteiger partial charge on any atom is -0.479 e. The van der Waals surface area contributed by atoms with Crippen molar-refractivity contribution >= 4 is 5.97 Å². The zero-order valence-electron chi connectivity index (χ0n) is 11.0. The van der Waals surface area contributed by atoms with Crippen LogP contribution in [-0.4, -0.2) is 18.7 Å². The van der Waals surface area contributed by atoms with Gasteiger partial charge in [0.2, 0.25) is 0 Å². The van der Waals surface area contributed by atoms with Crippen molar-refractivity contribution in [1.82, 2.24) is 0 Å². The lowest BCUT2D eigenvalue weighted by Crippen LogP contribution is -2.29. The molecule has 0 saturated carbocycles. The Hall–Kier alpha value is -1.58. The molecule has 0 spiro atoms. The van der Waals surface area contributed by atoms with Crippen LogP contribution in [0.25, 0.3) is 0 Å². The first-order valence-electron chi connectivity index (χ1n) is 6.17. The number of rotatable bonds is 6. The third kappa shape index (κ3) is 4.02. The van der Waals surface area contributed by atoms with E-state index >= 15 is 0 Å². The van der Waals surface area contributed by atoms with Crippen molar-refractivity contribution in [2.45, 2.75) is 39.7 Å². The van der Waals surface area contributed by atoms with Crippen molar-refractivity contribution < 1.29 is 18.7 Å². The summed E-state index contributed by atoms with van der Waals surface area (Å²) >= 11 is 0. The average molecular weight is 254 g/mol. The van der Waals surface area contributed by atoms with Gasteiger partial charge in [0, 0.05) is 0 Å². The second-order valence-electron chi connectivity index (χ2n) is 4.06. The highest BCUT2D eigenvalue weighted by molar-refractivity contribution is 5.75. The molecule has 100 valence electrons. The minimum absolute atomic E-state index is 0.287. The van der Waals surface area contributed by atoms with Crippen LogP contribution in [0, 0.1) is 12.7 Å². The smallest absolute Gasteiger partial charge is 0.347 e. The van der Waals surface area contributed by atoms with Gasteiger partial charge in [-0.2, -0.15) is 0 Å². The summed E-state index contributed by atoms with van der Waals surface area (Å²) in [6.45, 7) is 5.70. The van der Waals surface area contributed by atoms with Gasteiger partial charge in [-0.05, 0) is 44.0 Å². The second-order valence-corrected chi connectivity index (χ2v) is 4.06. The molecule has 0 radical (unpaired) electrons. The maximum absolute atomic E-state index is 13.1. The van der Waals surface area contributed by atoms with E-state index in [4.69, 9.17) is 9.47 Å². The number of benzene rings is 1. The van der Waals surface area contributed by atoms with E-state index < -0.39 is 6.10 Å². The Bertz CT molecular complexity index is 404. The van der Waals surface area contributed by atoms with Crippen molar-refractivity contribution in [3.8, 4) is 5.75 Å². The largest absolute Gasteiger partial charge is 0.479 e. The van der Waals surface area contributed by atoms with Gasteiger partial charge in [-0.15, -0.1) is 0 Å².